The quantitative estimate of drug-likeness (QED) is 0.680. The van der Waals surface area contributed by atoms with E-state index in [9.17, 15) is 44.6 Å². The lowest BCUT2D eigenvalue weighted by Crippen LogP contribution is -2.55. The first-order chi connectivity index (χ1) is 12.0. The molecule has 2 rings (SSSR count). The third-order valence-electron chi connectivity index (χ3n) is 4.27. The van der Waals surface area contributed by atoms with E-state index in [2.05, 4.69) is 0 Å². The number of rotatable bonds is 5. The second-order valence-electron chi connectivity index (χ2n) is 6.56. The Morgan fingerprint density at radius 2 is 1.33 bits per heavy atom. The number of aliphatic hydroxyl groups excluding tert-OH is 1. The molecule has 0 aromatic heterocycles. The molecule has 0 amide bonds. The van der Waals surface area contributed by atoms with Crippen molar-refractivity contribution in [3.05, 3.63) is 29.8 Å². The SMILES string of the molecule is CC(C)Oc1cccc(C(O)CC2(F)C(F)(F)C(F)(F)C(F)(F)C2(F)F)c1. The summed E-state index contributed by atoms with van der Waals surface area (Å²) in [4.78, 5) is 0. The predicted octanol–water partition coefficient (Wildman–Crippen LogP) is 5.16. The summed E-state index contributed by atoms with van der Waals surface area (Å²) in [5.74, 6) is -26.1. The van der Waals surface area contributed by atoms with Crippen LogP contribution in [0.4, 0.5) is 39.5 Å². The Labute approximate surface area is 147 Å². The van der Waals surface area contributed by atoms with E-state index >= 15 is 0 Å². The number of halogens is 9. The van der Waals surface area contributed by atoms with Gasteiger partial charge in [0.25, 0.3) is 5.67 Å². The maximum Gasteiger partial charge on any atom is 0.381 e. The molecule has 11 heteroatoms. The van der Waals surface area contributed by atoms with Crippen LogP contribution in [0.1, 0.15) is 31.9 Å². The summed E-state index contributed by atoms with van der Waals surface area (Å²) in [6.07, 6.45) is -5.28. The molecule has 0 spiro atoms. The monoisotopic (exact) mass is 410 g/mol. The van der Waals surface area contributed by atoms with Gasteiger partial charge >= 0.3 is 23.7 Å². The molecule has 1 aliphatic rings. The topological polar surface area (TPSA) is 29.5 Å². The van der Waals surface area contributed by atoms with Crippen LogP contribution in [0.2, 0.25) is 0 Å². The van der Waals surface area contributed by atoms with Crippen LogP contribution in [0.5, 0.6) is 5.75 Å². The highest BCUT2D eigenvalue weighted by Gasteiger charge is 3.00. The fraction of sp³-hybridized carbons (Fsp3) is 0.625. The van der Waals surface area contributed by atoms with Gasteiger partial charge in [-0.15, -0.1) is 0 Å². The molecule has 0 aliphatic heterocycles. The Balaban J connectivity index is 2.43. The van der Waals surface area contributed by atoms with Crippen LogP contribution < -0.4 is 4.74 Å². The van der Waals surface area contributed by atoms with E-state index in [0.29, 0.717) is 0 Å². The third-order valence-corrected chi connectivity index (χ3v) is 4.27. The molecule has 1 atom stereocenters. The van der Waals surface area contributed by atoms with Crippen molar-refractivity contribution in [1.29, 1.82) is 0 Å². The number of hydrogen-bond acceptors (Lipinski definition) is 2. The van der Waals surface area contributed by atoms with Gasteiger partial charge in [-0.25, -0.2) is 4.39 Å². The number of ether oxygens (including phenoxy) is 1. The summed E-state index contributed by atoms with van der Waals surface area (Å²) in [5.41, 5.74) is -6.14. The van der Waals surface area contributed by atoms with Crippen molar-refractivity contribution in [3.63, 3.8) is 0 Å². The molecule has 154 valence electrons. The van der Waals surface area contributed by atoms with Gasteiger partial charge in [0.1, 0.15) is 5.75 Å². The lowest BCUT2D eigenvalue weighted by molar-refractivity contribution is -0.303. The normalized spacial score (nSPS) is 25.4. The molecule has 1 aromatic carbocycles. The Morgan fingerprint density at radius 3 is 1.78 bits per heavy atom. The fourth-order valence-electron chi connectivity index (χ4n) is 2.80. The van der Waals surface area contributed by atoms with Gasteiger partial charge in [0.15, 0.2) is 0 Å². The zero-order valence-electron chi connectivity index (χ0n) is 13.9. The molecule has 1 N–H and O–H groups in total. The second-order valence-corrected chi connectivity index (χ2v) is 6.56. The predicted molar refractivity (Wildman–Crippen MR) is 75.4 cm³/mol. The van der Waals surface area contributed by atoms with Gasteiger partial charge in [0, 0.05) is 6.42 Å². The van der Waals surface area contributed by atoms with Crippen molar-refractivity contribution in [3.8, 4) is 5.75 Å². The van der Waals surface area contributed by atoms with E-state index in [1.807, 2.05) is 0 Å². The van der Waals surface area contributed by atoms with Crippen molar-refractivity contribution in [2.75, 3.05) is 0 Å². The molecule has 0 bridgehead atoms. The van der Waals surface area contributed by atoms with E-state index < -0.39 is 47.4 Å². The van der Waals surface area contributed by atoms with Crippen LogP contribution in [-0.2, 0) is 0 Å². The van der Waals surface area contributed by atoms with Gasteiger partial charge in [-0.2, -0.15) is 35.1 Å². The van der Waals surface area contributed by atoms with E-state index in [4.69, 9.17) is 4.74 Å². The first-order valence-electron chi connectivity index (χ1n) is 7.68. The van der Waals surface area contributed by atoms with Crippen molar-refractivity contribution in [1.82, 2.24) is 0 Å². The van der Waals surface area contributed by atoms with Gasteiger partial charge < -0.3 is 9.84 Å². The van der Waals surface area contributed by atoms with Crippen molar-refractivity contribution >= 4 is 0 Å². The Morgan fingerprint density at radius 1 is 0.852 bits per heavy atom. The van der Waals surface area contributed by atoms with Crippen LogP contribution in [0.15, 0.2) is 24.3 Å². The van der Waals surface area contributed by atoms with Crippen LogP contribution in [-0.4, -0.2) is 40.6 Å². The average molecular weight is 410 g/mol. The molecule has 1 saturated carbocycles. The van der Waals surface area contributed by atoms with Crippen LogP contribution in [0.3, 0.4) is 0 Å². The summed E-state index contributed by atoms with van der Waals surface area (Å²) >= 11 is 0. The summed E-state index contributed by atoms with van der Waals surface area (Å²) in [7, 11) is 0. The minimum atomic E-state index is -6.65. The van der Waals surface area contributed by atoms with Gasteiger partial charge in [0.2, 0.25) is 0 Å². The summed E-state index contributed by atoms with van der Waals surface area (Å²) in [6, 6.07) is 4.48. The molecule has 1 aliphatic carbocycles. The van der Waals surface area contributed by atoms with Gasteiger partial charge in [-0.05, 0) is 31.5 Å². The molecule has 1 aromatic rings. The fourth-order valence-corrected chi connectivity index (χ4v) is 2.80. The standard InChI is InChI=1S/C16H15F9O2/c1-8(2)27-10-5-3-4-9(6-10)11(26)7-12(17)13(18,19)15(22,23)16(24,25)14(12,20)21/h3-6,8,11,26H,7H2,1-2H3. The van der Waals surface area contributed by atoms with Crippen molar-refractivity contribution < 1.29 is 49.4 Å². The minimum Gasteiger partial charge on any atom is -0.491 e. The Hall–Kier alpha value is -1.65. The van der Waals surface area contributed by atoms with Crippen molar-refractivity contribution in [2.24, 2.45) is 0 Å². The smallest absolute Gasteiger partial charge is 0.381 e. The average Bonchev–Trinajstić information content (AvgIpc) is 2.57. The molecular weight excluding hydrogens is 395 g/mol. The molecule has 27 heavy (non-hydrogen) atoms. The summed E-state index contributed by atoms with van der Waals surface area (Å²) in [5, 5.41) is 9.86. The number of aliphatic hydroxyl groups is 1. The van der Waals surface area contributed by atoms with E-state index in [1.54, 1.807) is 13.8 Å². The first kappa shape index (κ1) is 21.6. The maximum atomic E-state index is 14.5. The van der Waals surface area contributed by atoms with Gasteiger partial charge in [0.05, 0.1) is 12.2 Å². The Bertz CT molecular complexity index is 677. The Kier molecular flexibility index (Phi) is 4.95. The first-order valence-corrected chi connectivity index (χ1v) is 7.68. The lowest BCUT2D eigenvalue weighted by Gasteiger charge is -2.32. The molecule has 0 saturated heterocycles. The van der Waals surface area contributed by atoms with Crippen LogP contribution >= 0.6 is 0 Å². The highest BCUT2D eigenvalue weighted by molar-refractivity contribution is 5.32. The third kappa shape index (κ3) is 2.76. The molecule has 0 radical (unpaired) electrons. The van der Waals surface area contributed by atoms with Crippen molar-refractivity contribution in [2.45, 2.75) is 61.8 Å². The number of alkyl halides is 9. The zero-order chi connectivity index (χ0) is 21.1. The number of benzene rings is 1. The number of hydrogen-bond donors (Lipinski definition) is 1. The molecular formula is C16H15F9O2. The maximum absolute atomic E-state index is 14.5. The molecule has 0 heterocycles. The van der Waals surface area contributed by atoms with Crippen LogP contribution in [0, 0.1) is 0 Å². The lowest BCUT2D eigenvalue weighted by atomic mass is 9.88. The van der Waals surface area contributed by atoms with E-state index in [0.717, 1.165) is 12.1 Å². The molecule has 1 unspecified atom stereocenters. The van der Waals surface area contributed by atoms with Crippen LogP contribution in [0.25, 0.3) is 0 Å². The van der Waals surface area contributed by atoms with Gasteiger partial charge in [-0.1, -0.05) is 12.1 Å². The summed E-state index contributed by atoms with van der Waals surface area (Å²) < 4.78 is 127. The summed E-state index contributed by atoms with van der Waals surface area (Å²) in [6.45, 7) is 3.20. The largest absolute Gasteiger partial charge is 0.491 e. The van der Waals surface area contributed by atoms with E-state index in [-0.39, 0.29) is 11.9 Å². The molecule has 1 fully saturated rings. The highest BCUT2D eigenvalue weighted by atomic mass is 19.4. The second kappa shape index (κ2) is 6.18. The molecule has 2 nitrogen and oxygen atoms in total. The zero-order valence-corrected chi connectivity index (χ0v) is 13.9. The highest BCUT2D eigenvalue weighted by Crippen LogP contribution is 2.70. The van der Waals surface area contributed by atoms with Gasteiger partial charge in [-0.3, -0.25) is 0 Å². The minimum absolute atomic E-state index is 0.0371. The van der Waals surface area contributed by atoms with E-state index in [1.165, 1.54) is 12.1 Å².